The van der Waals surface area contributed by atoms with Crippen LogP contribution in [0.2, 0.25) is 0 Å². The molecule has 2 aliphatic rings. The van der Waals surface area contributed by atoms with E-state index in [1.165, 1.54) is 11.8 Å². The molecule has 0 saturated carbocycles. The van der Waals surface area contributed by atoms with Crippen molar-refractivity contribution in [2.24, 2.45) is 10.9 Å². The number of hydrogen-bond acceptors (Lipinski definition) is 5. The Kier molecular flexibility index (Phi) is 5.05. The Morgan fingerprint density at radius 3 is 3.22 bits per heavy atom. The number of ether oxygens (including phenoxy) is 1. The fourth-order valence-electron chi connectivity index (χ4n) is 2.96. The molecule has 2 unspecified atom stereocenters. The number of imidazole rings is 1. The van der Waals surface area contributed by atoms with Gasteiger partial charge in [-0.15, -0.1) is 0 Å². The number of aromatic nitrogens is 2. The smallest absolute Gasteiger partial charge is 0.410 e. The molecule has 1 amide bonds. The third-order valence-electron chi connectivity index (χ3n) is 4.38. The van der Waals surface area contributed by atoms with Gasteiger partial charge in [0.25, 0.3) is 0 Å². The normalized spacial score (nSPS) is 21.6. The van der Waals surface area contributed by atoms with Gasteiger partial charge in [0.05, 0.1) is 24.6 Å². The lowest BCUT2D eigenvalue weighted by Crippen LogP contribution is -2.43. The monoisotopic (exact) mass is 334 g/mol. The van der Waals surface area contributed by atoms with Crippen LogP contribution in [0.3, 0.4) is 0 Å². The molecule has 0 fully saturated rings. The van der Waals surface area contributed by atoms with Crippen molar-refractivity contribution in [1.29, 1.82) is 0 Å². The standard InChI is InChI=1S/C16H22N4O2S/c1-3-11(2)15-14-12(18-10-19-14)5-7-20(15)16(21)22-9-13-17-6-4-8-23-13/h4,8,10-11,15H,3,5-7,9H2,1-2H3,(H,18,19). The van der Waals surface area contributed by atoms with Gasteiger partial charge in [-0.25, -0.2) is 9.78 Å². The van der Waals surface area contributed by atoms with Crippen molar-refractivity contribution in [3.63, 3.8) is 0 Å². The number of aromatic amines is 1. The molecule has 124 valence electrons. The number of hydrogen-bond donors (Lipinski definition) is 1. The van der Waals surface area contributed by atoms with E-state index in [2.05, 4.69) is 28.8 Å². The second kappa shape index (κ2) is 7.21. The molecule has 3 heterocycles. The summed E-state index contributed by atoms with van der Waals surface area (Å²) in [6, 6.07) is -0.0247. The van der Waals surface area contributed by atoms with Crippen LogP contribution < -0.4 is 0 Å². The van der Waals surface area contributed by atoms with Gasteiger partial charge < -0.3 is 9.72 Å². The Bertz CT molecular complexity index is 625. The van der Waals surface area contributed by atoms with Gasteiger partial charge in [0, 0.05) is 18.7 Å². The molecule has 0 radical (unpaired) electrons. The minimum Gasteiger partial charge on any atom is -0.442 e. The quantitative estimate of drug-likeness (QED) is 0.918. The maximum absolute atomic E-state index is 12.6. The summed E-state index contributed by atoms with van der Waals surface area (Å²) in [5, 5.41) is 2.83. The Balaban J connectivity index is 1.70. The number of amides is 1. The first-order valence-electron chi connectivity index (χ1n) is 8.01. The van der Waals surface area contributed by atoms with Gasteiger partial charge in [-0.05, 0) is 11.3 Å². The van der Waals surface area contributed by atoms with E-state index in [0.29, 0.717) is 19.0 Å². The first-order chi connectivity index (χ1) is 11.2. The summed E-state index contributed by atoms with van der Waals surface area (Å²) in [7, 11) is 0. The van der Waals surface area contributed by atoms with Crippen molar-refractivity contribution >= 4 is 22.9 Å². The number of thioether (sulfide) groups is 1. The number of nitrogens with one attached hydrogen (secondary N) is 1. The SMILES string of the molecule is CCC(C)C1c2nc[nH]c2CCN1C(=O)OCC1=NCC=CS1. The number of aliphatic imine (C=N–C) groups is 1. The fraction of sp³-hybridized carbons (Fsp3) is 0.562. The average Bonchev–Trinajstić information content (AvgIpc) is 3.07. The molecule has 2 atom stereocenters. The van der Waals surface area contributed by atoms with E-state index in [-0.39, 0.29) is 18.7 Å². The predicted octanol–water partition coefficient (Wildman–Crippen LogP) is 3.15. The summed E-state index contributed by atoms with van der Waals surface area (Å²) in [6.07, 6.45) is 5.19. The van der Waals surface area contributed by atoms with Gasteiger partial charge in [0.2, 0.25) is 0 Å². The van der Waals surface area contributed by atoms with Crippen molar-refractivity contribution in [1.82, 2.24) is 14.9 Å². The lowest BCUT2D eigenvalue weighted by molar-refractivity contribution is 0.0771. The Morgan fingerprint density at radius 2 is 2.48 bits per heavy atom. The number of H-pyrrole nitrogens is 1. The number of rotatable bonds is 4. The maximum Gasteiger partial charge on any atom is 0.410 e. The number of nitrogens with zero attached hydrogens (tertiary/aromatic N) is 3. The zero-order valence-electron chi connectivity index (χ0n) is 13.5. The molecule has 1 aromatic heterocycles. The van der Waals surface area contributed by atoms with Crippen LogP contribution in [0, 0.1) is 5.92 Å². The molecule has 0 aromatic carbocycles. The third-order valence-corrected chi connectivity index (χ3v) is 5.23. The second-order valence-corrected chi connectivity index (χ2v) is 6.80. The summed E-state index contributed by atoms with van der Waals surface area (Å²) >= 11 is 1.51. The van der Waals surface area contributed by atoms with Crippen LogP contribution in [-0.2, 0) is 11.2 Å². The number of carbonyl (C=O) groups is 1. The summed E-state index contributed by atoms with van der Waals surface area (Å²) in [5.74, 6) is 0.328. The van der Waals surface area contributed by atoms with Crippen molar-refractivity contribution in [3.05, 3.63) is 29.2 Å². The van der Waals surface area contributed by atoms with Crippen molar-refractivity contribution in [2.45, 2.75) is 32.7 Å². The Hall–Kier alpha value is -1.76. The molecule has 1 N–H and O–H groups in total. The molecule has 0 spiro atoms. The predicted molar refractivity (Wildman–Crippen MR) is 91.6 cm³/mol. The largest absolute Gasteiger partial charge is 0.442 e. The second-order valence-electron chi connectivity index (χ2n) is 5.82. The number of fused-ring (bicyclic) bond motifs is 1. The highest BCUT2D eigenvalue weighted by Gasteiger charge is 2.36. The highest BCUT2D eigenvalue weighted by Crippen LogP contribution is 2.35. The minimum absolute atomic E-state index is 0.0247. The molecule has 3 rings (SSSR count). The molecule has 7 heteroatoms. The first-order valence-corrected chi connectivity index (χ1v) is 8.89. The van der Waals surface area contributed by atoms with Crippen molar-refractivity contribution < 1.29 is 9.53 Å². The van der Waals surface area contributed by atoms with Crippen molar-refractivity contribution in [2.75, 3.05) is 19.7 Å². The summed E-state index contributed by atoms with van der Waals surface area (Å²) in [6.45, 7) is 5.85. The summed E-state index contributed by atoms with van der Waals surface area (Å²) in [5.41, 5.74) is 2.12. The molecule has 6 nitrogen and oxygen atoms in total. The molecule has 1 aromatic rings. The maximum atomic E-state index is 12.6. The summed E-state index contributed by atoms with van der Waals surface area (Å²) < 4.78 is 5.50. The molecular formula is C16H22N4O2S. The highest BCUT2D eigenvalue weighted by molar-refractivity contribution is 8.16. The van der Waals surface area contributed by atoms with Crippen LogP contribution in [0.1, 0.15) is 37.7 Å². The van der Waals surface area contributed by atoms with E-state index in [0.717, 1.165) is 29.3 Å². The van der Waals surface area contributed by atoms with E-state index < -0.39 is 0 Å². The van der Waals surface area contributed by atoms with E-state index in [1.807, 2.05) is 16.4 Å². The first kappa shape index (κ1) is 16.1. The lowest BCUT2D eigenvalue weighted by atomic mass is 9.90. The molecule has 0 aliphatic carbocycles. The van der Waals surface area contributed by atoms with Gasteiger partial charge in [0.15, 0.2) is 0 Å². The van der Waals surface area contributed by atoms with Crippen LogP contribution in [0.15, 0.2) is 22.8 Å². The Morgan fingerprint density at radius 1 is 1.61 bits per heavy atom. The molecule has 0 bridgehead atoms. The zero-order chi connectivity index (χ0) is 16.2. The molecule has 2 aliphatic heterocycles. The average molecular weight is 334 g/mol. The highest BCUT2D eigenvalue weighted by atomic mass is 32.2. The lowest BCUT2D eigenvalue weighted by Gasteiger charge is -2.37. The minimum atomic E-state index is -0.276. The molecule has 23 heavy (non-hydrogen) atoms. The van der Waals surface area contributed by atoms with Crippen LogP contribution in [-0.4, -0.2) is 45.7 Å². The zero-order valence-corrected chi connectivity index (χ0v) is 14.3. The van der Waals surface area contributed by atoms with E-state index in [4.69, 9.17) is 4.74 Å². The molecular weight excluding hydrogens is 312 g/mol. The third kappa shape index (κ3) is 3.44. The topological polar surface area (TPSA) is 70.6 Å². The van der Waals surface area contributed by atoms with Gasteiger partial charge in [-0.1, -0.05) is 38.1 Å². The van der Waals surface area contributed by atoms with Gasteiger partial charge in [-0.2, -0.15) is 0 Å². The summed E-state index contributed by atoms with van der Waals surface area (Å²) in [4.78, 5) is 26.4. The van der Waals surface area contributed by atoms with Gasteiger partial charge in [0.1, 0.15) is 11.7 Å². The fourth-order valence-corrected chi connectivity index (χ4v) is 3.57. The van der Waals surface area contributed by atoms with Crippen molar-refractivity contribution in [3.8, 4) is 0 Å². The van der Waals surface area contributed by atoms with E-state index >= 15 is 0 Å². The Labute approximate surface area is 140 Å². The van der Waals surface area contributed by atoms with E-state index in [1.54, 1.807) is 6.33 Å². The van der Waals surface area contributed by atoms with Gasteiger partial charge in [-0.3, -0.25) is 9.89 Å². The molecule has 0 saturated heterocycles. The van der Waals surface area contributed by atoms with Gasteiger partial charge >= 0.3 is 6.09 Å². The van der Waals surface area contributed by atoms with Crippen LogP contribution in [0.25, 0.3) is 0 Å². The van der Waals surface area contributed by atoms with Crippen LogP contribution >= 0.6 is 11.8 Å². The van der Waals surface area contributed by atoms with E-state index in [9.17, 15) is 4.79 Å². The number of carbonyl (C=O) groups excluding carboxylic acids is 1. The van der Waals surface area contributed by atoms with Crippen LogP contribution in [0.4, 0.5) is 4.79 Å². The van der Waals surface area contributed by atoms with Crippen LogP contribution in [0.5, 0.6) is 0 Å².